The Bertz CT molecular complexity index is 864. The van der Waals surface area contributed by atoms with Crippen molar-refractivity contribution in [2.75, 3.05) is 5.32 Å². The van der Waals surface area contributed by atoms with Gasteiger partial charge in [-0.05, 0) is 81.4 Å². The number of hydrogen-bond donors (Lipinski definition) is 1. The van der Waals surface area contributed by atoms with Crippen LogP contribution in [0.1, 0.15) is 51.3 Å². The highest BCUT2D eigenvalue weighted by Gasteiger charge is 2.54. The predicted octanol–water partition coefficient (Wildman–Crippen LogP) is 4.80. The topological polar surface area (TPSA) is 68.0 Å². The lowest BCUT2D eigenvalue weighted by molar-refractivity contribution is -0.115. The van der Waals surface area contributed by atoms with Gasteiger partial charge in [0.1, 0.15) is 5.82 Å². The second-order valence-corrected chi connectivity index (χ2v) is 10.1. The minimum atomic E-state index is -0.423. The van der Waals surface area contributed by atoms with E-state index in [9.17, 15) is 9.18 Å². The average Bonchev–Trinajstić information content (AvgIpc) is 3.10. The molecule has 0 spiro atoms. The summed E-state index contributed by atoms with van der Waals surface area (Å²) in [6, 6.07) is 5.88. The number of nitrogens with one attached hydrogen (secondary N) is 1. The van der Waals surface area contributed by atoms with E-state index in [-0.39, 0.29) is 17.1 Å². The fourth-order valence-corrected chi connectivity index (χ4v) is 6.54. The molecule has 4 bridgehead atoms. The summed E-state index contributed by atoms with van der Waals surface area (Å²) in [6.07, 6.45) is 7.60. The van der Waals surface area contributed by atoms with E-state index in [1.807, 2.05) is 0 Å². The maximum Gasteiger partial charge on any atom is 0.277 e. The number of benzene rings is 1. The van der Waals surface area contributed by atoms with Gasteiger partial charge in [0.25, 0.3) is 5.22 Å². The summed E-state index contributed by atoms with van der Waals surface area (Å²) in [4.78, 5) is 12.4. The summed E-state index contributed by atoms with van der Waals surface area (Å²) in [5, 5.41) is 11.4. The van der Waals surface area contributed by atoms with Gasteiger partial charge in [0.2, 0.25) is 11.8 Å². The minimum absolute atomic E-state index is 0.0631. The van der Waals surface area contributed by atoms with Gasteiger partial charge in [-0.15, -0.1) is 10.2 Å². The molecule has 4 fully saturated rings. The van der Waals surface area contributed by atoms with Crippen LogP contribution in [0.15, 0.2) is 33.9 Å². The molecule has 0 unspecified atom stereocenters. The number of anilines is 1. The minimum Gasteiger partial charge on any atom is -0.415 e. The second-order valence-electron chi connectivity index (χ2n) is 8.83. The highest BCUT2D eigenvalue weighted by Crippen LogP contribution is 2.60. The Morgan fingerprint density at radius 3 is 2.54 bits per heavy atom. The van der Waals surface area contributed by atoms with Crippen molar-refractivity contribution in [3.8, 4) is 0 Å². The Morgan fingerprint density at radius 2 is 1.89 bits per heavy atom. The summed E-state index contributed by atoms with van der Waals surface area (Å²) < 4.78 is 19.3. The summed E-state index contributed by atoms with van der Waals surface area (Å²) in [7, 11) is 0. The third-order valence-corrected chi connectivity index (χ3v) is 7.57. The molecule has 7 heteroatoms. The van der Waals surface area contributed by atoms with E-state index in [0.717, 1.165) is 23.6 Å². The van der Waals surface area contributed by atoms with Crippen LogP contribution in [-0.2, 0) is 10.2 Å². The van der Waals surface area contributed by atoms with Crippen LogP contribution in [0.2, 0.25) is 0 Å². The average molecular weight is 402 g/mol. The molecule has 1 aromatic carbocycles. The number of carbonyl (C=O) groups excluding carboxylic acids is 1. The molecule has 6 rings (SSSR count). The van der Waals surface area contributed by atoms with Gasteiger partial charge in [-0.1, -0.05) is 17.8 Å². The molecule has 0 radical (unpaired) electrons. The number of nitrogens with zero attached hydrogens (tertiary/aromatic N) is 2. The Morgan fingerprint density at radius 1 is 1.21 bits per heavy atom. The van der Waals surface area contributed by atoms with Crippen molar-refractivity contribution in [2.24, 2.45) is 17.8 Å². The first-order valence-electron chi connectivity index (χ1n) is 10.1. The summed E-state index contributed by atoms with van der Waals surface area (Å²) in [5.74, 6) is 2.60. The van der Waals surface area contributed by atoms with Crippen LogP contribution in [0, 0.1) is 23.6 Å². The van der Waals surface area contributed by atoms with Crippen LogP contribution in [0.4, 0.5) is 10.1 Å². The summed E-state index contributed by atoms with van der Waals surface area (Å²) in [5.41, 5.74) is 0.505. The molecule has 4 saturated carbocycles. The van der Waals surface area contributed by atoms with Crippen LogP contribution in [0.3, 0.4) is 0 Å². The van der Waals surface area contributed by atoms with E-state index in [1.54, 1.807) is 19.1 Å². The highest BCUT2D eigenvalue weighted by molar-refractivity contribution is 8.00. The van der Waals surface area contributed by atoms with Gasteiger partial charge in [0, 0.05) is 11.1 Å². The molecule has 0 saturated heterocycles. The van der Waals surface area contributed by atoms with Crippen molar-refractivity contribution in [3.05, 3.63) is 36.0 Å². The highest BCUT2D eigenvalue weighted by atomic mass is 32.2. The Balaban J connectivity index is 1.26. The smallest absolute Gasteiger partial charge is 0.277 e. The van der Waals surface area contributed by atoms with Crippen LogP contribution in [0.5, 0.6) is 0 Å². The summed E-state index contributed by atoms with van der Waals surface area (Å²) >= 11 is 1.25. The van der Waals surface area contributed by atoms with Crippen LogP contribution in [0.25, 0.3) is 0 Å². The largest absolute Gasteiger partial charge is 0.415 e. The Labute approximate surface area is 167 Å². The van der Waals surface area contributed by atoms with Crippen molar-refractivity contribution >= 4 is 23.4 Å². The number of amides is 1. The van der Waals surface area contributed by atoms with E-state index in [2.05, 4.69) is 15.5 Å². The standard InChI is InChI=1S/C21H24FN3O2S/c1-12(18(26)23-17-4-2-3-16(22)8-17)28-20-25-24-19(27-20)21-9-13-5-14(10-21)7-15(6-13)11-21/h2-4,8,12-15H,5-7,9-11H2,1H3,(H,23,26)/t12-,13?,14?,15?,21?/m0/s1. The first-order chi connectivity index (χ1) is 13.5. The maximum absolute atomic E-state index is 13.3. The molecule has 2 aromatic rings. The Hall–Kier alpha value is -1.89. The first-order valence-corrected chi connectivity index (χ1v) is 10.9. The molecular formula is C21H24FN3O2S. The zero-order chi connectivity index (χ0) is 19.3. The van der Waals surface area contributed by atoms with E-state index < -0.39 is 5.25 Å². The van der Waals surface area contributed by atoms with Crippen molar-refractivity contribution in [3.63, 3.8) is 0 Å². The zero-order valence-corrected chi connectivity index (χ0v) is 16.7. The number of halogens is 1. The van der Waals surface area contributed by atoms with Gasteiger partial charge in [0.05, 0.1) is 5.25 Å². The monoisotopic (exact) mass is 401 g/mol. The van der Waals surface area contributed by atoms with Crippen LogP contribution < -0.4 is 5.32 Å². The number of carbonyl (C=O) groups is 1. The molecule has 28 heavy (non-hydrogen) atoms. The van der Waals surface area contributed by atoms with Gasteiger partial charge < -0.3 is 9.73 Å². The van der Waals surface area contributed by atoms with Crippen molar-refractivity contribution in [1.82, 2.24) is 10.2 Å². The van der Waals surface area contributed by atoms with Gasteiger partial charge in [0.15, 0.2) is 0 Å². The lowest BCUT2D eigenvalue weighted by Crippen LogP contribution is -2.48. The zero-order valence-electron chi connectivity index (χ0n) is 15.9. The lowest BCUT2D eigenvalue weighted by Gasteiger charge is -2.55. The second kappa shape index (κ2) is 6.87. The quantitative estimate of drug-likeness (QED) is 0.729. The van der Waals surface area contributed by atoms with Gasteiger partial charge >= 0.3 is 0 Å². The van der Waals surface area contributed by atoms with E-state index in [1.165, 1.54) is 62.4 Å². The predicted molar refractivity (Wildman–Crippen MR) is 104 cm³/mol. The molecule has 4 aliphatic rings. The summed E-state index contributed by atoms with van der Waals surface area (Å²) in [6.45, 7) is 1.79. The number of rotatable bonds is 5. The molecule has 1 atom stereocenters. The number of thioether (sulfide) groups is 1. The molecule has 5 nitrogen and oxygen atoms in total. The number of aromatic nitrogens is 2. The van der Waals surface area contributed by atoms with Crippen LogP contribution in [-0.4, -0.2) is 21.4 Å². The molecule has 148 valence electrons. The van der Waals surface area contributed by atoms with Gasteiger partial charge in [-0.3, -0.25) is 4.79 Å². The fraction of sp³-hybridized carbons (Fsp3) is 0.571. The molecule has 1 N–H and O–H groups in total. The van der Waals surface area contributed by atoms with Crippen molar-refractivity contribution < 1.29 is 13.6 Å². The first kappa shape index (κ1) is 18.2. The van der Waals surface area contributed by atoms with Crippen molar-refractivity contribution in [2.45, 2.75) is 61.3 Å². The van der Waals surface area contributed by atoms with Crippen molar-refractivity contribution in [1.29, 1.82) is 0 Å². The van der Waals surface area contributed by atoms with E-state index in [4.69, 9.17) is 4.42 Å². The van der Waals surface area contributed by atoms with E-state index >= 15 is 0 Å². The SMILES string of the molecule is C[C@H](Sc1nnc(C23CC4CC(CC(C4)C2)C3)o1)C(=O)Nc1cccc(F)c1. The lowest BCUT2D eigenvalue weighted by atomic mass is 9.49. The van der Waals surface area contributed by atoms with Crippen LogP contribution >= 0.6 is 11.8 Å². The molecule has 0 aliphatic heterocycles. The third-order valence-electron chi connectivity index (χ3n) is 6.64. The van der Waals surface area contributed by atoms with Gasteiger partial charge in [-0.25, -0.2) is 4.39 Å². The Kier molecular flexibility index (Phi) is 4.45. The molecule has 1 aromatic heterocycles. The molecule has 1 amide bonds. The molecule has 4 aliphatic carbocycles. The number of hydrogen-bond acceptors (Lipinski definition) is 5. The normalized spacial score (nSPS) is 31.7. The fourth-order valence-electron chi connectivity index (χ4n) is 5.86. The third kappa shape index (κ3) is 3.34. The van der Waals surface area contributed by atoms with E-state index in [0.29, 0.717) is 10.9 Å². The van der Waals surface area contributed by atoms with Gasteiger partial charge in [-0.2, -0.15) is 0 Å². The molecular weight excluding hydrogens is 377 g/mol. The molecule has 1 heterocycles. The maximum atomic E-state index is 13.3.